The lowest BCUT2D eigenvalue weighted by molar-refractivity contribution is -0.136. The monoisotopic (exact) mass is 341 g/mol. The average molecular weight is 343 g/mol. The van der Waals surface area contributed by atoms with Crippen molar-refractivity contribution in [2.75, 3.05) is 5.32 Å². The second kappa shape index (κ2) is 5.63. The molecule has 0 aliphatic carbocycles. The van der Waals surface area contributed by atoms with Gasteiger partial charge in [0.2, 0.25) is 0 Å². The van der Waals surface area contributed by atoms with Crippen LogP contribution in [0.4, 0.5) is 24.5 Å². The first-order chi connectivity index (χ1) is 9.27. The molecule has 0 aliphatic rings. The molecular weight excluding hydrogens is 337 g/mol. The number of benzene rings is 1. The molecule has 1 N–H and O–H groups in total. The first-order valence-electron chi connectivity index (χ1n) is 5.10. The van der Waals surface area contributed by atoms with Crippen molar-refractivity contribution in [3.8, 4) is 0 Å². The van der Waals surface area contributed by atoms with Crippen molar-refractivity contribution in [3.05, 3.63) is 45.2 Å². The summed E-state index contributed by atoms with van der Waals surface area (Å²) in [6.45, 7) is 0. The largest absolute Gasteiger partial charge is 0.418 e. The Bertz CT molecular complexity index is 647. The van der Waals surface area contributed by atoms with Crippen molar-refractivity contribution in [2.45, 2.75) is 6.18 Å². The van der Waals surface area contributed by atoms with Crippen molar-refractivity contribution in [2.24, 2.45) is 0 Å². The maximum atomic E-state index is 12.9. The summed E-state index contributed by atoms with van der Waals surface area (Å²) < 4.78 is 38.8. The number of nitrogens with zero attached hydrogens (tertiary/aromatic N) is 2. The normalized spacial score (nSPS) is 11.5. The summed E-state index contributed by atoms with van der Waals surface area (Å²) in [5, 5.41) is 9.35. The molecule has 9 heteroatoms. The molecule has 1 heterocycles. The van der Waals surface area contributed by atoms with E-state index in [9.17, 15) is 13.2 Å². The van der Waals surface area contributed by atoms with Crippen LogP contribution in [0.3, 0.4) is 0 Å². The van der Waals surface area contributed by atoms with Gasteiger partial charge in [-0.25, -0.2) is 0 Å². The topological polar surface area (TPSA) is 37.8 Å². The van der Waals surface area contributed by atoms with E-state index in [0.717, 1.165) is 6.07 Å². The molecule has 0 unspecified atom stereocenters. The summed E-state index contributed by atoms with van der Waals surface area (Å²) in [4.78, 5) is 0. The van der Waals surface area contributed by atoms with Crippen LogP contribution in [0.25, 0.3) is 0 Å². The standard InChI is InChI=1S/C11H5Cl3F3N3/c12-5-1-2-7(6(3-5)11(15,16)17)18-8-4-9(13)19-20-10(8)14/h1-4H,(H,18,19). The van der Waals surface area contributed by atoms with Crippen molar-refractivity contribution < 1.29 is 13.2 Å². The van der Waals surface area contributed by atoms with Crippen molar-refractivity contribution in [3.63, 3.8) is 0 Å². The van der Waals surface area contributed by atoms with E-state index in [1.807, 2.05) is 0 Å². The molecule has 20 heavy (non-hydrogen) atoms. The Morgan fingerprint density at radius 1 is 0.950 bits per heavy atom. The number of alkyl halides is 3. The van der Waals surface area contributed by atoms with E-state index >= 15 is 0 Å². The Morgan fingerprint density at radius 2 is 1.65 bits per heavy atom. The minimum Gasteiger partial charge on any atom is -0.352 e. The molecule has 2 aromatic rings. The second-order valence-electron chi connectivity index (χ2n) is 3.68. The van der Waals surface area contributed by atoms with E-state index in [0.29, 0.717) is 0 Å². The molecule has 0 radical (unpaired) electrons. The minimum absolute atomic E-state index is 0.000535. The number of nitrogens with one attached hydrogen (secondary N) is 1. The van der Waals surface area contributed by atoms with E-state index < -0.39 is 11.7 Å². The number of hydrogen-bond acceptors (Lipinski definition) is 3. The number of aromatic nitrogens is 2. The van der Waals surface area contributed by atoms with Crippen LogP contribution in [0.5, 0.6) is 0 Å². The molecule has 0 saturated heterocycles. The molecule has 0 amide bonds. The zero-order valence-electron chi connectivity index (χ0n) is 9.47. The van der Waals surface area contributed by atoms with Crippen LogP contribution in [-0.4, -0.2) is 10.2 Å². The zero-order valence-corrected chi connectivity index (χ0v) is 11.7. The predicted octanol–water partition coefficient (Wildman–Crippen LogP) is 5.20. The summed E-state index contributed by atoms with van der Waals surface area (Å²) in [5.41, 5.74) is -1.03. The van der Waals surface area contributed by atoms with Crippen molar-refractivity contribution >= 4 is 46.2 Å². The molecular formula is C11H5Cl3F3N3. The number of anilines is 2. The van der Waals surface area contributed by atoms with E-state index in [-0.39, 0.29) is 26.7 Å². The van der Waals surface area contributed by atoms with E-state index in [1.165, 1.54) is 18.2 Å². The smallest absolute Gasteiger partial charge is 0.352 e. The first kappa shape index (κ1) is 15.2. The van der Waals surface area contributed by atoms with Gasteiger partial charge in [-0.15, -0.1) is 10.2 Å². The highest BCUT2D eigenvalue weighted by atomic mass is 35.5. The molecule has 0 spiro atoms. The van der Waals surface area contributed by atoms with Gasteiger partial charge in [0.1, 0.15) is 0 Å². The third-order valence-electron chi connectivity index (χ3n) is 2.28. The lowest BCUT2D eigenvalue weighted by Crippen LogP contribution is -2.09. The molecule has 0 aliphatic heterocycles. The van der Waals surface area contributed by atoms with Gasteiger partial charge in [0, 0.05) is 11.1 Å². The lowest BCUT2D eigenvalue weighted by Gasteiger charge is -2.15. The Kier molecular flexibility index (Phi) is 4.27. The van der Waals surface area contributed by atoms with Crippen molar-refractivity contribution in [1.29, 1.82) is 0 Å². The van der Waals surface area contributed by atoms with Crippen LogP contribution in [0.1, 0.15) is 5.56 Å². The summed E-state index contributed by atoms with van der Waals surface area (Å²) in [6, 6.07) is 4.60. The maximum Gasteiger partial charge on any atom is 0.418 e. The minimum atomic E-state index is -4.57. The number of halogens is 6. The number of rotatable bonds is 2. The Hall–Kier alpha value is -1.24. The Labute approximate surface area is 126 Å². The van der Waals surface area contributed by atoms with Gasteiger partial charge in [-0.05, 0) is 18.2 Å². The fourth-order valence-corrected chi connectivity index (χ4v) is 1.90. The Morgan fingerprint density at radius 3 is 2.30 bits per heavy atom. The second-order valence-corrected chi connectivity index (χ2v) is 4.87. The molecule has 0 fully saturated rings. The molecule has 0 saturated carbocycles. The summed E-state index contributed by atoms with van der Waals surface area (Å²) >= 11 is 16.9. The van der Waals surface area contributed by atoms with E-state index in [1.54, 1.807) is 0 Å². The van der Waals surface area contributed by atoms with Gasteiger partial charge in [-0.2, -0.15) is 13.2 Å². The van der Waals surface area contributed by atoms with Crippen LogP contribution in [-0.2, 0) is 6.18 Å². The predicted molar refractivity (Wildman–Crippen MR) is 71.8 cm³/mol. The summed E-state index contributed by atoms with van der Waals surface area (Å²) in [7, 11) is 0. The highest BCUT2D eigenvalue weighted by Crippen LogP contribution is 2.38. The molecule has 0 bridgehead atoms. The molecule has 2 rings (SSSR count). The highest BCUT2D eigenvalue weighted by molar-refractivity contribution is 6.33. The maximum absolute atomic E-state index is 12.9. The van der Waals surface area contributed by atoms with Crippen LogP contribution in [0.15, 0.2) is 24.3 Å². The van der Waals surface area contributed by atoms with Gasteiger partial charge in [0.25, 0.3) is 0 Å². The molecule has 1 aromatic carbocycles. The quantitative estimate of drug-likeness (QED) is 0.815. The van der Waals surface area contributed by atoms with E-state index in [4.69, 9.17) is 34.8 Å². The SMILES string of the molecule is FC(F)(F)c1cc(Cl)ccc1Nc1cc(Cl)nnc1Cl. The molecule has 1 aromatic heterocycles. The van der Waals surface area contributed by atoms with Crippen LogP contribution >= 0.6 is 34.8 Å². The third-order valence-corrected chi connectivity index (χ3v) is 2.97. The van der Waals surface area contributed by atoms with Crippen LogP contribution in [0.2, 0.25) is 15.3 Å². The third kappa shape index (κ3) is 3.45. The molecule has 0 atom stereocenters. The fraction of sp³-hybridized carbons (Fsp3) is 0.0909. The fourth-order valence-electron chi connectivity index (χ4n) is 1.45. The van der Waals surface area contributed by atoms with E-state index in [2.05, 4.69) is 15.5 Å². The van der Waals surface area contributed by atoms with Gasteiger partial charge in [-0.1, -0.05) is 34.8 Å². The van der Waals surface area contributed by atoms with Gasteiger partial charge in [-0.3, -0.25) is 0 Å². The van der Waals surface area contributed by atoms with Gasteiger partial charge in [0.15, 0.2) is 10.3 Å². The lowest BCUT2D eigenvalue weighted by atomic mass is 10.1. The molecule has 106 valence electrons. The van der Waals surface area contributed by atoms with Crippen molar-refractivity contribution in [1.82, 2.24) is 10.2 Å². The first-order valence-corrected chi connectivity index (χ1v) is 6.23. The van der Waals surface area contributed by atoms with Crippen LogP contribution in [0, 0.1) is 0 Å². The zero-order chi connectivity index (χ0) is 14.9. The number of hydrogen-bond donors (Lipinski definition) is 1. The highest BCUT2D eigenvalue weighted by Gasteiger charge is 2.34. The van der Waals surface area contributed by atoms with Gasteiger partial charge < -0.3 is 5.32 Å². The molecule has 3 nitrogen and oxygen atoms in total. The summed E-state index contributed by atoms with van der Waals surface area (Å²) in [5.74, 6) is 0. The summed E-state index contributed by atoms with van der Waals surface area (Å²) in [6.07, 6.45) is -4.57. The average Bonchev–Trinajstić information content (AvgIpc) is 2.34. The Balaban J connectivity index is 2.46. The van der Waals surface area contributed by atoms with Gasteiger partial charge >= 0.3 is 6.18 Å². The van der Waals surface area contributed by atoms with Crippen LogP contribution < -0.4 is 5.32 Å². The van der Waals surface area contributed by atoms with Gasteiger partial charge in [0.05, 0.1) is 16.9 Å².